The van der Waals surface area contributed by atoms with Crippen LogP contribution in [0.1, 0.15) is 0 Å². The molecule has 4 nitrogen and oxygen atoms in total. The summed E-state index contributed by atoms with van der Waals surface area (Å²) in [5.74, 6) is 0. The van der Waals surface area contributed by atoms with Crippen LogP contribution in [-0.4, -0.2) is 19.9 Å². The van der Waals surface area contributed by atoms with Gasteiger partial charge in [-0.15, -0.1) is 0 Å². The number of hydrogen-bond donors (Lipinski definition) is 0. The third-order valence-corrected chi connectivity index (χ3v) is 20.0. The topological polar surface area (TPSA) is 51.6 Å². The zero-order chi connectivity index (χ0) is 42.9. The Morgan fingerprint density at radius 3 is 0.609 bits per heavy atom. The van der Waals surface area contributed by atoms with Crippen LogP contribution in [0, 0.1) is 0 Å². The monoisotopic (exact) mass is 894 g/mol. The van der Waals surface area contributed by atoms with Gasteiger partial charge in [0.2, 0.25) is 0 Å². The van der Waals surface area contributed by atoms with Gasteiger partial charge >= 0.3 is 0 Å². The van der Waals surface area contributed by atoms with Crippen molar-refractivity contribution >= 4 is 95.9 Å². The second-order valence-corrected chi connectivity index (χ2v) is 23.4. The summed E-state index contributed by atoms with van der Waals surface area (Å²) in [4.78, 5) is 23.0. The second-order valence-electron chi connectivity index (χ2n) is 14.8. The van der Waals surface area contributed by atoms with E-state index in [1.165, 1.54) is 42.4 Å². The van der Waals surface area contributed by atoms with E-state index in [4.69, 9.17) is 19.9 Å². The highest BCUT2D eigenvalue weighted by Crippen LogP contribution is 2.41. The average molecular weight is 895 g/mol. The highest BCUT2D eigenvalue weighted by Gasteiger charge is 2.32. The molecule has 0 radical (unpaired) electrons. The van der Waals surface area contributed by atoms with Crippen LogP contribution in [0.5, 0.6) is 0 Å². The highest BCUT2D eigenvalue weighted by molar-refractivity contribution is 7.82. The number of hydrogen-bond acceptors (Lipinski definition) is 4. The quantitative estimate of drug-likeness (QED) is 0.110. The van der Waals surface area contributed by atoms with Gasteiger partial charge in [-0.3, -0.25) is 0 Å². The molecule has 0 bridgehead atoms. The predicted octanol–water partition coefficient (Wildman–Crippen LogP) is 7.97. The van der Waals surface area contributed by atoms with Gasteiger partial charge in [0.15, 0.2) is 0 Å². The van der Waals surface area contributed by atoms with Gasteiger partial charge < -0.3 is 0 Å². The summed E-state index contributed by atoms with van der Waals surface area (Å²) >= 11 is 0. The molecule has 10 aromatic rings. The first kappa shape index (κ1) is 41.6. The normalized spacial score (nSPS) is 11.4. The van der Waals surface area contributed by atoms with Crippen LogP contribution in [0.4, 0.5) is 0 Å². The van der Waals surface area contributed by atoms with E-state index in [9.17, 15) is 0 Å². The van der Waals surface area contributed by atoms with Crippen molar-refractivity contribution in [3.05, 3.63) is 255 Å². The molecule has 0 aliphatic carbocycles. The van der Waals surface area contributed by atoms with Crippen molar-refractivity contribution in [2.24, 2.45) is 0 Å². The Labute approximate surface area is 380 Å². The molecule has 0 fully saturated rings. The molecule has 0 amide bonds. The molecule has 64 heavy (non-hydrogen) atoms. The molecule has 8 heteroatoms. The van der Waals surface area contributed by atoms with Crippen LogP contribution in [0.15, 0.2) is 255 Å². The van der Waals surface area contributed by atoms with E-state index in [0.717, 1.165) is 33.1 Å². The Bertz CT molecular complexity index is 2680. The summed E-state index contributed by atoms with van der Waals surface area (Å²) in [6.07, 6.45) is 4.03. The second kappa shape index (κ2) is 20.0. The largest absolute Gasteiger partial charge is 0.250 e. The van der Waals surface area contributed by atoms with Gasteiger partial charge in [0, 0.05) is 31.7 Å². The van der Waals surface area contributed by atoms with Crippen molar-refractivity contribution in [3.63, 3.8) is 0 Å². The Morgan fingerprint density at radius 1 is 0.219 bits per heavy atom. The van der Waals surface area contributed by atoms with Crippen molar-refractivity contribution in [3.8, 4) is 11.4 Å². The minimum Gasteiger partial charge on any atom is -0.250 e. The summed E-state index contributed by atoms with van der Waals surface area (Å²) < 4.78 is 0. The lowest BCUT2D eigenvalue weighted by Crippen LogP contribution is -2.36. The Balaban J connectivity index is 1.29. The summed E-state index contributed by atoms with van der Waals surface area (Å²) in [5, 5.41) is 9.64. The van der Waals surface area contributed by atoms with E-state index in [0.29, 0.717) is 0 Å². The van der Waals surface area contributed by atoms with Crippen LogP contribution >= 0.6 is 31.7 Å². The van der Waals surface area contributed by atoms with Crippen molar-refractivity contribution < 1.29 is 0 Å². The van der Waals surface area contributed by atoms with Crippen molar-refractivity contribution in [1.82, 2.24) is 19.9 Å². The maximum atomic E-state index is 5.89. The van der Waals surface area contributed by atoms with Crippen LogP contribution < -0.4 is 64.2 Å². The summed E-state index contributed by atoms with van der Waals surface area (Å²) in [5.41, 5.74) is 5.24. The van der Waals surface area contributed by atoms with E-state index >= 15 is 0 Å². The van der Waals surface area contributed by atoms with Crippen LogP contribution in [-0.2, 0) is 0 Å². The molecule has 2 aromatic heterocycles. The first-order valence-electron chi connectivity index (χ1n) is 21.2. The van der Waals surface area contributed by atoms with E-state index in [1.807, 2.05) is 12.4 Å². The molecule has 0 atom stereocenters. The molecule has 0 aliphatic heterocycles. The smallest absolute Gasteiger partial charge is 0.118 e. The fraction of sp³-hybridized carbons (Fsp3) is 0. The number of nitrogens with zero attached hydrogens (tertiary/aromatic N) is 4. The molecule has 0 N–H and O–H groups in total. The molecular formula is C56H42N4P4. The zero-order valence-electron chi connectivity index (χ0n) is 34.8. The zero-order valence-corrected chi connectivity index (χ0v) is 38.4. The summed E-state index contributed by atoms with van der Waals surface area (Å²) in [6.45, 7) is 0. The van der Waals surface area contributed by atoms with Gasteiger partial charge in [-0.25, -0.2) is 19.9 Å². The minimum absolute atomic E-state index is 0.760. The molecular weight excluding hydrogens is 853 g/mol. The predicted molar refractivity (Wildman–Crippen MR) is 278 cm³/mol. The van der Waals surface area contributed by atoms with Crippen molar-refractivity contribution in [1.29, 1.82) is 0 Å². The van der Waals surface area contributed by atoms with Crippen LogP contribution in [0.25, 0.3) is 11.4 Å². The molecule has 0 saturated heterocycles. The minimum atomic E-state index is -1.22. The summed E-state index contributed by atoms with van der Waals surface area (Å²) in [7, 11) is -4.56. The Hall–Kier alpha value is -6.36. The van der Waals surface area contributed by atoms with E-state index in [1.54, 1.807) is 0 Å². The van der Waals surface area contributed by atoms with Crippen molar-refractivity contribution in [2.75, 3.05) is 0 Å². The molecule has 8 aromatic carbocycles. The number of aromatic nitrogens is 4. The lowest BCUT2D eigenvalue weighted by molar-refractivity contribution is 1.22. The standard InChI is InChI=1S/C56H42N4P4/c1-9-25-43(26-10-1)61(44-27-11-2-12-28-44)51-41-57-53(55(59-51)63(47-33-17-5-18-34-47)48-35-19-6-20-36-48)54-56(64(49-37-21-7-22-38-49)50-39-23-8-24-40-50)60-52(42-58-54)62(45-29-13-3-14-30-45)46-31-15-4-16-32-46/h1-42H. The van der Waals surface area contributed by atoms with Crippen LogP contribution in [0.3, 0.4) is 0 Å². The van der Waals surface area contributed by atoms with Crippen molar-refractivity contribution in [2.45, 2.75) is 0 Å². The molecule has 0 spiro atoms. The van der Waals surface area contributed by atoms with Crippen LogP contribution in [0.2, 0.25) is 0 Å². The SMILES string of the molecule is c1ccc(P(c2ccccc2)c2cnc(-c3ncc(P(c4ccccc4)c4ccccc4)nc3P(c3ccccc3)c3ccccc3)c(P(c3ccccc3)c3ccccc3)n2)cc1. The number of rotatable bonds is 13. The molecule has 0 unspecified atom stereocenters. The summed E-state index contributed by atoms with van der Waals surface area (Å²) in [6, 6.07) is 86.3. The number of benzene rings is 8. The van der Waals surface area contributed by atoms with Gasteiger partial charge in [-0.2, -0.15) is 0 Å². The van der Waals surface area contributed by atoms with Gasteiger partial charge in [0.25, 0.3) is 0 Å². The first-order valence-corrected chi connectivity index (χ1v) is 26.5. The average Bonchev–Trinajstić information content (AvgIpc) is 3.37. The third kappa shape index (κ3) is 9.03. The molecule has 306 valence electrons. The highest BCUT2D eigenvalue weighted by atomic mass is 31.1. The Kier molecular flexibility index (Phi) is 13.0. The fourth-order valence-electron chi connectivity index (χ4n) is 7.83. The lowest BCUT2D eigenvalue weighted by Gasteiger charge is -2.26. The van der Waals surface area contributed by atoms with E-state index in [-0.39, 0.29) is 0 Å². The van der Waals surface area contributed by atoms with Gasteiger partial charge in [-0.05, 0) is 42.4 Å². The maximum Gasteiger partial charge on any atom is 0.118 e. The molecule has 10 rings (SSSR count). The van der Waals surface area contributed by atoms with E-state index in [2.05, 4.69) is 243 Å². The maximum absolute atomic E-state index is 5.89. The third-order valence-electron chi connectivity index (χ3n) is 10.7. The van der Waals surface area contributed by atoms with Gasteiger partial charge in [0.1, 0.15) is 22.3 Å². The molecule has 0 aliphatic rings. The molecule has 0 saturated carbocycles. The Morgan fingerprint density at radius 2 is 0.406 bits per heavy atom. The van der Waals surface area contributed by atoms with Gasteiger partial charge in [0.05, 0.1) is 23.3 Å². The fourth-order valence-corrected chi connectivity index (χ4v) is 16.9. The van der Waals surface area contributed by atoms with Gasteiger partial charge in [-0.1, -0.05) is 243 Å². The molecule has 2 heterocycles. The first-order chi connectivity index (χ1) is 31.8. The van der Waals surface area contributed by atoms with E-state index < -0.39 is 31.7 Å². The lowest BCUT2D eigenvalue weighted by atomic mass is 10.3.